The van der Waals surface area contributed by atoms with Gasteiger partial charge in [-0.1, -0.05) is 6.58 Å². The summed E-state index contributed by atoms with van der Waals surface area (Å²) in [7, 11) is 0. The summed E-state index contributed by atoms with van der Waals surface area (Å²) in [6.07, 6.45) is 0.197. The Bertz CT molecular complexity index is 393. The molecule has 13 heavy (non-hydrogen) atoms. The third-order valence-corrected chi connectivity index (χ3v) is 1.96. The van der Waals surface area contributed by atoms with Crippen LogP contribution in [0.25, 0.3) is 5.76 Å². The minimum atomic E-state index is -0.330. The van der Waals surface area contributed by atoms with E-state index in [1.807, 2.05) is 0 Å². The van der Waals surface area contributed by atoms with Crippen LogP contribution in [0, 0.1) is 0 Å². The maximum Gasteiger partial charge on any atom is 0.315 e. The summed E-state index contributed by atoms with van der Waals surface area (Å²) in [6.45, 7) is 3.61. The average Bonchev–Trinajstić information content (AvgIpc) is 2.02. The topological polar surface area (TPSA) is 46.5 Å². The van der Waals surface area contributed by atoms with Crippen LogP contribution in [0.5, 0.6) is 5.75 Å². The van der Waals surface area contributed by atoms with E-state index in [0.717, 1.165) is 11.1 Å². The van der Waals surface area contributed by atoms with E-state index in [9.17, 15) is 9.90 Å². The largest absolute Gasteiger partial charge is 0.508 e. The van der Waals surface area contributed by atoms with Crippen molar-refractivity contribution in [1.82, 2.24) is 0 Å². The number of carbonyl (C=O) groups excluding carboxylic acids is 1. The quantitative estimate of drug-likeness (QED) is 0.609. The first kappa shape index (κ1) is 7.86. The van der Waals surface area contributed by atoms with E-state index in [2.05, 4.69) is 6.58 Å². The Kier molecular flexibility index (Phi) is 1.59. The number of benzene rings is 1. The maximum atomic E-state index is 11.0. The summed E-state index contributed by atoms with van der Waals surface area (Å²) in [5.74, 6) is 0.176. The number of rotatable bonds is 0. The van der Waals surface area contributed by atoms with E-state index >= 15 is 0 Å². The number of phenols is 1. The number of fused-ring (bicyclic) bond motifs is 1. The molecule has 0 bridgehead atoms. The Hall–Kier alpha value is -1.77. The summed E-state index contributed by atoms with van der Waals surface area (Å²) in [5.41, 5.74) is 1.55. The zero-order valence-corrected chi connectivity index (χ0v) is 6.91. The molecule has 1 aromatic carbocycles. The van der Waals surface area contributed by atoms with Crippen molar-refractivity contribution < 1.29 is 14.6 Å². The van der Waals surface area contributed by atoms with Gasteiger partial charge in [-0.3, -0.25) is 4.79 Å². The highest BCUT2D eigenvalue weighted by atomic mass is 16.5. The van der Waals surface area contributed by atoms with Crippen LogP contribution in [-0.4, -0.2) is 11.1 Å². The van der Waals surface area contributed by atoms with Crippen LogP contribution in [0.1, 0.15) is 11.1 Å². The van der Waals surface area contributed by atoms with Crippen LogP contribution in [0.2, 0.25) is 0 Å². The van der Waals surface area contributed by atoms with Crippen molar-refractivity contribution in [3.8, 4) is 5.75 Å². The van der Waals surface area contributed by atoms with Crippen molar-refractivity contribution in [2.45, 2.75) is 6.42 Å². The number of hydrogen-bond donors (Lipinski definition) is 1. The molecule has 0 aliphatic carbocycles. The fourth-order valence-corrected chi connectivity index (χ4v) is 1.38. The molecule has 0 atom stereocenters. The van der Waals surface area contributed by atoms with Gasteiger partial charge in [0, 0.05) is 5.56 Å². The van der Waals surface area contributed by atoms with Gasteiger partial charge in [0.1, 0.15) is 11.5 Å². The second-order valence-corrected chi connectivity index (χ2v) is 2.92. The van der Waals surface area contributed by atoms with Crippen molar-refractivity contribution in [3.63, 3.8) is 0 Å². The number of carbonyl (C=O) groups is 1. The zero-order chi connectivity index (χ0) is 9.42. The lowest BCUT2D eigenvalue weighted by molar-refractivity contribution is -0.136. The Morgan fingerprint density at radius 3 is 3.00 bits per heavy atom. The van der Waals surface area contributed by atoms with Gasteiger partial charge in [0.25, 0.3) is 0 Å². The maximum absolute atomic E-state index is 11.0. The molecule has 0 spiro atoms. The molecule has 1 aliphatic heterocycles. The molecule has 1 aromatic rings. The van der Waals surface area contributed by atoms with Crippen molar-refractivity contribution in [1.29, 1.82) is 0 Å². The standard InChI is InChI=1S/C10H8O3/c1-6-9-3-2-8(11)4-7(9)5-10(12)13-6/h2-4,11H,1,5H2. The van der Waals surface area contributed by atoms with Crippen LogP contribution in [-0.2, 0) is 16.0 Å². The molecule has 0 saturated heterocycles. The van der Waals surface area contributed by atoms with Gasteiger partial charge in [-0.2, -0.15) is 0 Å². The summed E-state index contributed by atoms with van der Waals surface area (Å²) in [6, 6.07) is 4.80. The van der Waals surface area contributed by atoms with Gasteiger partial charge in [-0.15, -0.1) is 0 Å². The molecular weight excluding hydrogens is 168 g/mol. The molecule has 1 aliphatic rings. The van der Waals surface area contributed by atoms with Gasteiger partial charge >= 0.3 is 5.97 Å². The first-order chi connectivity index (χ1) is 6.16. The van der Waals surface area contributed by atoms with Crippen molar-refractivity contribution in [2.75, 3.05) is 0 Å². The second kappa shape index (κ2) is 2.62. The molecule has 3 nitrogen and oxygen atoms in total. The lowest BCUT2D eigenvalue weighted by atomic mass is 10.0. The highest BCUT2D eigenvalue weighted by Crippen LogP contribution is 2.27. The molecule has 0 aromatic heterocycles. The van der Waals surface area contributed by atoms with Gasteiger partial charge in [-0.25, -0.2) is 0 Å². The third kappa shape index (κ3) is 1.28. The van der Waals surface area contributed by atoms with E-state index in [4.69, 9.17) is 4.74 Å². The Balaban J connectivity index is 2.55. The summed E-state index contributed by atoms with van der Waals surface area (Å²) in [5, 5.41) is 9.18. The highest BCUT2D eigenvalue weighted by Gasteiger charge is 2.20. The van der Waals surface area contributed by atoms with Crippen LogP contribution in [0.3, 0.4) is 0 Å². The Morgan fingerprint density at radius 1 is 1.46 bits per heavy atom. The van der Waals surface area contributed by atoms with Crippen molar-refractivity contribution >= 4 is 11.7 Å². The number of aromatic hydroxyl groups is 1. The number of phenolic OH excluding ortho intramolecular Hbond substituents is 1. The van der Waals surface area contributed by atoms with Crippen molar-refractivity contribution in [2.24, 2.45) is 0 Å². The number of ether oxygens (including phenoxy) is 1. The van der Waals surface area contributed by atoms with Crippen LogP contribution in [0.15, 0.2) is 24.8 Å². The summed E-state index contributed by atoms with van der Waals surface area (Å²) in [4.78, 5) is 11.0. The smallest absolute Gasteiger partial charge is 0.315 e. The number of hydrogen-bond acceptors (Lipinski definition) is 3. The Labute approximate surface area is 75.3 Å². The van der Waals surface area contributed by atoms with Gasteiger partial charge in [0.15, 0.2) is 0 Å². The lowest BCUT2D eigenvalue weighted by Gasteiger charge is -2.17. The molecule has 0 saturated carbocycles. The van der Waals surface area contributed by atoms with Gasteiger partial charge in [-0.05, 0) is 23.8 Å². The molecule has 66 valence electrons. The van der Waals surface area contributed by atoms with Crippen LogP contribution >= 0.6 is 0 Å². The number of esters is 1. The summed E-state index contributed by atoms with van der Waals surface area (Å²) >= 11 is 0. The second-order valence-electron chi connectivity index (χ2n) is 2.92. The Morgan fingerprint density at radius 2 is 2.23 bits per heavy atom. The molecular formula is C10H8O3. The normalized spacial score (nSPS) is 15.1. The molecule has 1 N–H and O–H groups in total. The van der Waals surface area contributed by atoms with Crippen LogP contribution in [0.4, 0.5) is 0 Å². The van der Waals surface area contributed by atoms with E-state index in [1.54, 1.807) is 18.2 Å². The van der Waals surface area contributed by atoms with E-state index in [0.29, 0.717) is 5.76 Å². The monoisotopic (exact) mass is 176 g/mol. The van der Waals surface area contributed by atoms with Gasteiger partial charge < -0.3 is 9.84 Å². The van der Waals surface area contributed by atoms with Crippen LogP contribution < -0.4 is 0 Å². The van der Waals surface area contributed by atoms with E-state index in [-0.39, 0.29) is 18.1 Å². The van der Waals surface area contributed by atoms with E-state index < -0.39 is 0 Å². The van der Waals surface area contributed by atoms with Crippen molar-refractivity contribution in [3.05, 3.63) is 35.9 Å². The molecule has 0 unspecified atom stereocenters. The van der Waals surface area contributed by atoms with Gasteiger partial charge in [0.2, 0.25) is 0 Å². The minimum Gasteiger partial charge on any atom is -0.508 e. The van der Waals surface area contributed by atoms with Gasteiger partial charge in [0.05, 0.1) is 6.42 Å². The molecule has 0 amide bonds. The molecule has 0 radical (unpaired) electrons. The average molecular weight is 176 g/mol. The van der Waals surface area contributed by atoms with E-state index in [1.165, 1.54) is 0 Å². The predicted molar refractivity (Wildman–Crippen MR) is 46.9 cm³/mol. The first-order valence-corrected chi connectivity index (χ1v) is 3.88. The first-order valence-electron chi connectivity index (χ1n) is 3.88. The lowest BCUT2D eigenvalue weighted by Crippen LogP contribution is -2.14. The molecule has 0 fully saturated rings. The summed E-state index contributed by atoms with van der Waals surface area (Å²) < 4.78 is 4.84. The molecule has 3 heteroatoms. The fourth-order valence-electron chi connectivity index (χ4n) is 1.38. The third-order valence-electron chi connectivity index (χ3n) is 1.96. The molecule has 1 heterocycles. The minimum absolute atomic E-state index is 0.154. The number of cyclic esters (lactones) is 1. The molecule has 2 rings (SSSR count). The SMILES string of the molecule is C=C1OC(=O)Cc2cc(O)ccc21. The fraction of sp³-hybridized carbons (Fsp3) is 0.100. The highest BCUT2D eigenvalue weighted by molar-refractivity contribution is 5.85. The zero-order valence-electron chi connectivity index (χ0n) is 6.91. The predicted octanol–water partition coefficient (Wildman–Crippen LogP) is 1.46.